The van der Waals surface area contributed by atoms with E-state index in [9.17, 15) is 19.2 Å². The van der Waals surface area contributed by atoms with Crippen LogP contribution in [-0.2, 0) is 9.59 Å². The number of amides is 2. The van der Waals surface area contributed by atoms with E-state index in [1.165, 1.54) is 25.5 Å². The predicted molar refractivity (Wildman–Crippen MR) is 215 cm³/mol. The van der Waals surface area contributed by atoms with Crippen molar-refractivity contribution in [2.75, 3.05) is 43.0 Å². The van der Waals surface area contributed by atoms with Crippen molar-refractivity contribution in [3.05, 3.63) is 75.8 Å². The van der Waals surface area contributed by atoms with Gasteiger partial charge in [0, 0.05) is 48.9 Å². The number of aryl methyl sites for hydroxylation is 1. The highest BCUT2D eigenvalue weighted by Gasteiger charge is 2.31. The molecule has 13 heteroatoms. The number of carbonyl (C=O) groups is 3. The fourth-order valence-corrected chi connectivity index (χ4v) is 9.33. The fourth-order valence-electron chi connectivity index (χ4n) is 9.33. The third kappa shape index (κ3) is 8.05. The first-order valence-electron chi connectivity index (χ1n) is 20.4. The Balaban J connectivity index is 0.782. The molecule has 2 N–H and O–H groups in total. The summed E-state index contributed by atoms with van der Waals surface area (Å²) in [7, 11) is 0. The molecule has 1 saturated carbocycles. The number of hydrogen-bond donors (Lipinski definition) is 2. The average molecular weight is 761 g/mol. The number of ketones is 1. The summed E-state index contributed by atoms with van der Waals surface area (Å²) in [5.41, 5.74) is 3.30. The van der Waals surface area contributed by atoms with Gasteiger partial charge >= 0.3 is 0 Å². The number of nitrogens with zero attached hydrogens (tertiary/aromatic N) is 6. The van der Waals surface area contributed by atoms with Crippen molar-refractivity contribution in [3.63, 3.8) is 0 Å². The lowest BCUT2D eigenvalue weighted by Crippen LogP contribution is -2.47. The number of likely N-dealkylation sites (tertiary alicyclic amines) is 1. The largest absolute Gasteiger partial charge is 0.492 e. The van der Waals surface area contributed by atoms with E-state index in [-0.39, 0.29) is 40.7 Å². The summed E-state index contributed by atoms with van der Waals surface area (Å²) < 4.78 is 7.83. The van der Waals surface area contributed by atoms with Crippen molar-refractivity contribution in [1.82, 2.24) is 29.7 Å². The maximum Gasteiger partial charge on any atom is 0.263 e. The van der Waals surface area contributed by atoms with Crippen LogP contribution in [0, 0.1) is 12.8 Å². The van der Waals surface area contributed by atoms with Crippen LogP contribution in [-0.4, -0.2) is 80.8 Å². The van der Waals surface area contributed by atoms with Crippen LogP contribution >= 0.6 is 0 Å². The van der Waals surface area contributed by atoms with Gasteiger partial charge in [0.05, 0.1) is 24.3 Å². The van der Waals surface area contributed by atoms with E-state index in [4.69, 9.17) is 9.72 Å². The monoisotopic (exact) mass is 760 g/mol. The Morgan fingerprint density at radius 3 is 2.30 bits per heavy atom. The molecule has 3 aromatic heterocycles. The number of carbonyl (C=O) groups excluding carboxylic acids is 3. The molecular formula is C43H52N8O5. The van der Waals surface area contributed by atoms with Crippen molar-refractivity contribution in [2.24, 2.45) is 5.92 Å². The van der Waals surface area contributed by atoms with Crippen LogP contribution in [0.15, 0.2) is 53.6 Å². The topological polar surface area (TPSA) is 152 Å². The van der Waals surface area contributed by atoms with Gasteiger partial charge in [0.25, 0.3) is 5.56 Å². The molecule has 13 nitrogen and oxygen atoms in total. The molecule has 4 fully saturated rings. The third-order valence-electron chi connectivity index (χ3n) is 12.6. The molecule has 0 bridgehead atoms. The quantitative estimate of drug-likeness (QED) is 0.132. The minimum atomic E-state index is -0.268. The van der Waals surface area contributed by atoms with Crippen LogP contribution in [0.3, 0.4) is 0 Å². The second-order valence-corrected chi connectivity index (χ2v) is 16.0. The summed E-state index contributed by atoms with van der Waals surface area (Å²) in [6, 6.07) is 12.7. The van der Waals surface area contributed by atoms with Crippen LogP contribution in [0.2, 0.25) is 0 Å². The van der Waals surface area contributed by atoms with Gasteiger partial charge in [-0.2, -0.15) is 4.98 Å². The fraction of sp³-hybridized carbons (Fsp3) is 0.512. The maximum atomic E-state index is 13.5. The molecular weight excluding hydrogens is 709 g/mol. The normalized spacial score (nSPS) is 20.4. The first kappa shape index (κ1) is 37.7. The van der Waals surface area contributed by atoms with Crippen LogP contribution < -0.4 is 25.8 Å². The SMILES string of the molecule is CC(=O)c1c(C)c2cnc(Nc3ccc(OCCC4CCN(C5CCN(c6ccc(C7CCC(=O)NC7=O)cc6)CC5)CC4)cn3)nc2n(C2CCCC2)c1=O. The number of fused-ring (bicyclic) bond motifs is 1. The van der Waals surface area contributed by atoms with Crippen molar-refractivity contribution in [1.29, 1.82) is 0 Å². The molecule has 8 rings (SSSR count). The van der Waals surface area contributed by atoms with E-state index >= 15 is 0 Å². The summed E-state index contributed by atoms with van der Waals surface area (Å²) in [5, 5.41) is 6.36. The molecule has 294 valence electrons. The summed E-state index contributed by atoms with van der Waals surface area (Å²) in [5.74, 6) is 1.43. The minimum Gasteiger partial charge on any atom is -0.492 e. The van der Waals surface area contributed by atoms with Gasteiger partial charge in [0.15, 0.2) is 5.78 Å². The van der Waals surface area contributed by atoms with Gasteiger partial charge in [0.2, 0.25) is 17.8 Å². The molecule has 56 heavy (non-hydrogen) atoms. The zero-order valence-electron chi connectivity index (χ0n) is 32.5. The van der Waals surface area contributed by atoms with E-state index < -0.39 is 0 Å². The highest BCUT2D eigenvalue weighted by Crippen LogP contribution is 2.33. The van der Waals surface area contributed by atoms with Gasteiger partial charge in [-0.05, 0) is 120 Å². The lowest BCUT2D eigenvalue weighted by Gasteiger charge is -2.42. The van der Waals surface area contributed by atoms with Crippen molar-refractivity contribution < 1.29 is 19.1 Å². The molecule has 6 heterocycles. The van der Waals surface area contributed by atoms with Crippen LogP contribution in [0.5, 0.6) is 5.75 Å². The number of aromatic nitrogens is 4. The molecule has 1 atom stereocenters. The molecule has 1 aliphatic carbocycles. The third-order valence-corrected chi connectivity index (χ3v) is 12.6. The molecule has 0 radical (unpaired) electrons. The molecule has 3 aliphatic heterocycles. The summed E-state index contributed by atoms with van der Waals surface area (Å²) in [4.78, 5) is 68.7. The molecule has 0 spiro atoms. The first-order chi connectivity index (χ1) is 27.2. The number of hydrogen-bond acceptors (Lipinski definition) is 11. The summed E-state index contributed by atoms with van der Waals surface area (Å²) in [6.45, 7) is 8.19. The van der Waals surface area contributed by atoms with Crippen molar-refractivity contribution >= 4 is 46.1 Å². The molecule has 4 aliphatic rings. The first-order valence-corrected chi connectivity index (χ1v) is 20.4. The number of nitrogens with one attached hydrogen (secondary N) is 2. The zero-order chi connectivity index (χ0) is 38.8. The summed E-state index contributed by atoms with van der Waals surface area (Å²) >= 11 is 0. The maximum absolute atomic E-state index is 13.5. The molecule has 3 saturated heterocycles. The van der Waals surface area contributed by atoms with E-state index in [0.29, 0.717) is 65.5 Å². The number of pyridine rings is 2. The van der Waals surface area contributed by atoms with E-state index in [2.05, 4.69) is 42.5 Å². The van der Waals surface area contributed by atoms with Gasteiger partial charge in [-0.3, -0.25) is 29.1 Å². The number of benzene rings is 1. The standard InChI is InChI=1S/C43H52N8O5/c1-27-36-26-45-43(48-40(36)51(33-5-3-4-6-33)42(55)39(27)28(2)52)46-37-13-11-34(25-44-37)56-24-19-29-15-20-49(21-16-29)32-17-22-50(23-18-32)31-9-7-30(8-10-31)35-12-14-38(53)47-41(35)54/h7-11,13,25-26,29,32-33,35H,3-6,12,14-24H2,1-2H3,(H,47,53,54)(H,44,45,46,48). The Bertz CT molecular complexity index is 2130. The Morgan fingerprint density at radius 1 is 0.875 bits per heavy atom. The Morgan fingerprint density at radius 2 is 1.62 bits per heavy atom. The van der Waals surface area contributed by atoms with Crippen LogP contribution in [0.25, 0.3) is 11.0 Å². The Labute approximate surface area is 327 Å². The van der Waals surface area contributed by atoms with Crippen molar-refractivity contribution in [3.8, 4) is 5.75 Å². The lowest BCUT2D eigenvalue weighted by molar-refractivity contribution is -0.134. The van der Waals surface area contributed by atoms with Gasteiger partial charge in [0.1, 0.15) is 17.2 Å². The number of rotatable bonds is 11. The number of piperidine rings is 3. The molecule has 4 aromatic rings. The van der Waals surface area contributed by atoms with E-state index in [1.807, 2.05) is 24.3 Å². The molecule has 2 amide bonds. The van der Waals surface area contributed by atoms with Gasteiger partial charge in [-0.1, -0.05) is 25.0 Å². The Hall–Kier alpha value is -5.17. The van der Waals surface area contributed by atoms with Crippen LogP contribution in [0.1, 0.15) is 111 Å². The number of ether oxygens (including phenoxy) is 1. The lowest BCUT2D eigenvalue weighted by atomic mass is 9.90. The van der Waals surface area contributed by atoms with E-state index in [0.717, 1.165) is 76.7 Å². The van der Waals surface area contributed by atoms with Gasteiger partial charge in [-0.25, -0.2) is 9.97 Å². The minimum absolute atomic E-state index is 0.0186. The van der Waals surface area contributed by atoms with Gasteiger partial charge < -0.3 is 19.9 Å². The number of imide groups is 1. The highest BCUT2D eigenvalue weighted by atomic mass is 16.5. The molecule has 1 unspecified atom stereocenters. The van der Waals surface area contributed by atoms with Crippen molar-refractivity contribution in [2.45, 2.75) is 102 Å². The Kier molecular flexibility index (Phi) is 11.1. The van der Waals surface area contributed by atoms with E-state index in [1.54, 1.807) is 23.9 Å². The second kappa shape index (κ2) is 16.5. The average Bonchev–Trinajstić information content (AvgIpc) is 3.74. The smallest absolute Gasteiger partial charge is 0.263 e. The number of anilines is 3. The second-order valence-electron chi connectivity index (χ2n) is 16.0. The van der Waals surface area contributed by atoms with Gasteiger partial charge in [-0.15, -0.1) is 0 Å². The molecule has 1 aromatic carbocycles. The zero-order valence-corrected chi connectivity index (χ0v) is 32.5. The predicted octanol–water partition coefficient (Wildman–Crippen LogP) is 6.23. The summed E-state index contributed by atoms with van der Waals surface area (Å²) in [6.07, 6.45) is 13.9. The number of Topliss-reactive ketones (excluding diaryl/α,β-unsaturated/α-hetero) is 1. The van der Waals surface area contributed by atoms with Crippen LogP contribution in [0.4, 0.5) is 17.5 Å². The highest BCUT2D eigenvalue weighted by molar-refractivity contribution is 6.01.